The molecule has 2 aromatic rings. The molecule has 5 heteroatoms. The Labute approximate surface area is 86.7 Å². The lowest BCUT2D eigenvalue weighted by atomic mass is 10.3. The fraction of sp³-hybridized carbons (Fsp3) is 0.300. The van der Waals surface area contributed by atoms with Crippen LogP contribution in [0.1, 0.15) is 23.0 Å². The van der Waals surface area contributed by atoms with Gasteiger partial charge in [-0.25, -0.2) is 9.31 Å². The van der Waals surface area contributed by atoms with Gasteiger partial charge in [-0.15, -0.1) is 0 Å². The summed E-state index contributed by atoms with van der Waals surface area (Å²) in [6.45, 7) is 3.99. The molecule has 0 N–H and O–H groups in total. The molecule has 0 fully saturated rings. The Morgan fingerprint density at radius 3 is 3.07 bits per heavy atom. The van der Waals surface area contributed by atoms with Crippen molar-refractivity contribution in [2.75, 3.05) is 6.61 Å². The predicted molar refractivity (Wildman–Crippen MR) is 53.7 cm³/mol. The van der Waals surface area contributed by atoms with Crippen LogP contribution in [0.5, 0.6) is 0 Å². The minimum absolute atomic E-state index is 0.357. The molecule has 15 heavy (non-hydrogen) atoms. The molecule has 0 saturated heterocycles. The molecule has 0 bridgehead atoms. The minimum atomic E-state index is -0.363. The van der Waals surface area contributed by atoms with Gasteiger partial charge in [-0.3, -0.25) is 4.98 Å². The van der Waals surface area contributed by atoms with Gasteiger partial charge in [0, 0.05) is 0 Å². The van der Waals surface area contributed by atoms with Crippen molar-refractivity contribution in [2.24, 2.45) is 0 Å². The fourth-order valence-corrected chi connectivity index (χ4v) is 1.34. The van der Waals surface area contributed by atoms with Gasteiger partial charge in [-0.05, 0) is 13.8 Å². The van der Waals surface area contributed by atoms with Crippen LogP contribution >= 0.6 is 0 Å². The summed E-state index contributed by atoms with van der Waals surface area (Å²) in [6.07, 6.45) is 4.88. The molecule has 0 aliphatic carbocycles. The van der Waals surface area contributed by atoms with Gasteiger partial charge in [0.15, 0.2) is 0 Å². The van der Waals surface area contributed by atoms with Crippen LogP contribution in [-0.2, 0) is 4.74 Å². The van der Waals surface area contributed by atoms with E-state index >= 15 is 0 Å². The third-order valence-electron chi connectivity index (χ3n) is 2.03. The van der Waals surface area contributed by atoms with Gasteiger partial charge >= 0.3 is 5.97 Å². The van der Waals surface area contributed by atoms with Crippen LogP contribution in [0.3, 0.4) is 0 Å². The Morgan fingerprint density at radius 2 is 2.33 bits per heavy atom. The van der Waals surface area contributed by atoms with E-state index in [0.717, 1.165) is 5.69 Å². The number of esters is 1. The highest BCUT2D eigenvalue weighted by Crippen LogP contribution is 2.10. The Kier molecular flexibility index (Phi) is 2.37. The molecule has 0 saturated carbocycles. The van der Waals surface area contributed by atoms with Crippen LogP contribution in [0, 0.1) is 6.92 Å². The Hall–Kier alpha value is -1.91. The van der Waals surface area contributed by atoms with Gasteiger partial charge in [0.2, 0.25) is 0 Å². The van der Waals surface area contributed by atoms with Crippen molar-refractivity contribution in [2.45, 2.75) is 13.8 Å². The zero-order valence-electron chi connectivity index (χ0n) is 8.60. The highest BCUT2D eigenvalue weighted by atomic mass is 16.5. The van der Waals surface area contributed by atoms with Crippen LogP contribution in [0.4, 0.5) is 0 Å². The standard InChI is InChI=1S/C10H11N3O2/c1-3-15-10(14)8-4-12-13-6-7(2)11-5-9(8)13/h4-6H,3H2,1-2H3. The highest BCUT2D eigenvalue weighted by molar-refractivity contribution is 5.96. The van der Waals surface area contributed by atoms with Crippen molar-refractivity contribution in [3.05, 3.63) is 29.8 Å². The number of fused-ring (bicyclic) bond motifs is 1. The molecule has 0 aliphatic heterocycles. The summed E-state index contributed by atoms with van der Waals surface area (Å²) in [5.74, 6) is -0.363. The second-order valence-corrected chi connectivity index (χ2v) is 3.14. The van der Waals surface area contributed by atoms with E-state index in [-0.39, 0.29) is 5.97 Å². The van der Waals surface area contributed by atoms with Gasteiger partial charge in [-0.2, -0.15) is 5.10 Å². The van der Waals surface area contributed by atoms with E-state index < -0.39 is 0 Å². The van der Waals surface area contributed by atoms with E-state index in [1.807, 2.05) is 6.92 Å². The molecule has 0 atom stereocenters. The number of rotatable bonds is 2. The molecule has 0 amide bonds. The second-order valence-electron chi connectivity index (χ2n) is 3.14. The lowest BCUT2D eigenvalue weighted by Gasteiger charge is -1.99. The minimum Gasteiger partial charge on any atom is -0.462 e. The summed E-state index contributed by atoms with van der Waals surface area (Å²) in [5, 5.41) is 4.06. The molecule has 2 heterocycles. The van der Waals surface area contributed by atoms with Gasteiger partial charge in [0.1, 0.15) is 5.56 Å². The first-order chi connectivity index (χ1) is 7.22. The SMILES string of the molecule is CCOC(=O)c1cnn2cc(C)ncc12. The van der Waals surface area contributed by atoms with Gasteiger partial charge in [0.25, 0.3) is 0 Å². The maximum absolute atomic E-state index is 11.5. The predicted octanol–water partition coefficient (Wildman–Crippen LogP) is 1.21. The van der Waals surface area contributed by atoms with Crippen molar-refractivity contribution < 1.29 is 9.53 Å². The number of aryl methyl sites for hydroxylation is 1. The van der Waals surface area contributed by atoms with Crippen molar-refractivity contribution >= 4 is 11.5 Å². The molecule has 5 nitrogen and oxygen atoms in total. The van der Waals surface area contributed by atoms with Gasteiger partial charge < -0.3 is 4.74 Å². The summed E-state index contributed by atoms with van der Waals surface area (Å²) >= 11 is 0. The summed E-state index contributed by atoms with van der Waals surface area (Å²) < 4.78 is 6.52. The molecular formula is C10H11N3O2. The fourth-order valence-electron chi connectivity index (χ4n) is 1.34. The lowest BCUT2D eigenvalue weighted by Crippen LogP contribution is -2.04. The van der Waals surface area contributed by atoms with Crippen molar-refractivity contribution in [3.63, 3.8) is 0 Å². The van der Waals surface area contributed by atoms with Crippen molar-refractivity contribution in [1.82, 2.24) is 14.6 Å². The highest BCUT2D eigenvalue weighted by Gasteiger charge is 2.13. The first kappa shape index (κ1) is 9.64. The van der Waals surface area contributed by atoms with E-state index in [1.165, 1.54) is 6.20 Å². The number of aromatic nitrogens is 3. The molecule has 0 spiro atoms. The molecular weight excluding hydrogens is 194 g/mol. The monoisotopic (exact) mass is 205 g/mol. The average molecular weight is 205 g/mol. The Bertz CT molecular complexity index is 504. The summed E-state index contributed by atoms with van der Waals surface area (Å²) in [4.78, 5) is 15.6. The Balaban J connectivity index is 2.49. The van der Waals surface area contributed by atoms with E-state index in [2.05, 4.69) is 10.1 Å². The Morgan fingerprint density at radius 1 is 1.53 bits per heavy atom. The number of carbonyl (C=O) groups is 1. The lowest BCUT2D eigenvalue weighted by molar-refractivity contribution is 0.0528. The van der Waals surface area contributed by atoms with E-state index in [4.69, 9.17) is 4.74 Å². The van der Waals surface area contributed by atoms with Crippen LogP contribution in [0.25, 0.3) is 5.52 Å². The number of ether oxygens (including phenoxy) is 1. The molecule has 2 rings (SSSR count). The number of carbonyl (C=O) groups excluding carboxylic acids is 1. The van der Waals surface area contributed by atoms with Crippen LogP contribution in [0.15, 0.2) is 18.6 Å². The summed E-state index contributed by atoms with van der Waals surface area (Å²) in [6, 6.07) is 0. The summed E-state index contributed by atoms with van der Waals surface area (Å²) in [5.41, 5.74) is 1.96. The first-order valence-electron chi connectivity index (χ1n) is 4.69. The number of hydrogen-bond acceptors (Lipinski definition) is 4. The van der Waals surface area contributed by atoms with Crippen molar-refractivity contribution in [1.29, 1.82) is 0 Å². The van der Waals surface area contributed by atoms with E-state index in [9.17, 15) is 4.79 Å². The third kappa shape index (κ3) is 1.68. The number of hydrogen-bond donors (Lipinski definition) is 0. The topological polar surface area (TPSA) is 56.5 Å². The first-order valence-corrected chi connectivity index (χ1v) is 4.69. The zero-order valence-corrected chi connectivity index (χ0v) is 8.60. The van der Waals surface area contributed by atoms with Crippen molar-refractivity contribution in [3.8, 4) is 0 Å². The number of nitrogens with zero attached hydrogens (tertiary/aromatic N) is 3. The van der Waals surface area contributed by atoms with E-state index in [0.29, 0.717) is 17.7 Å². The third-order valence-corrected chi connectivity index (χ3v) is 2.03. The second kappa shape index (κ2) is 3.68. The molecule has 2 aromatic heterocycles. The van der Waals surface area contributed by atoms with Crippen LogP contribution in [-0.4, -0.2) is 27.2 Å². The largest absolute Gasteiger partial charge is 0.462 e. The molecule has 0 unspecified atom stereocenters. The molecule has 0 aliphatic rings. The maximum atomic E-state index is 11.5. The smallest absolute Gasteiger partial charge is 0.342 e. The zero-order chi connectivity index (χ0) is 10.8. The normalized spacial score (nSPS) is 10.5. The molecule has 0 aromatic carbocycles. The van der Waals surface area contributed by atoms with Crippen LogP contribution in [0.2, 0.25) is 0 Å². The van der Waals surface area contributed by atoms with Crippen LogP contribution < -0.4 is 0 Å². The average Bonchev–Trinajstić information content (AvgIpc) is 2.60. The molecule has 78 valence electrons. The summed E-state index contributed by atoms with van der Waals surface area (Å²) in [7, 11) is 0. The molecule has 0 radical (unpaired) electrons. The van der Waals surface area contributed by atoms with Gasteiger partial charge in [0.05, 0.1) is 36.4 Å². The van der Waals surface area contributed by atoms with E-state index in [1.54, 1.807) is 23.8 Å². The maximum Gasteiger partial charge on any atom is 0.342 e. The van der Waals surface area contributed by atoms with Gasteiger partial charge in [-0.1, -0.05) is 0 Å². The quantitative estimate of drug-likeness (QED) is 0.691.